The number of benzene rings is 1. The van der Waals surface area contributed by atoms with E-state index < -0.39 is 0 Å². The highest BCUT2D eigenvalue weighted by Crippen LogP contribution is 2.18. The van der Waals surface area contributed by atoms with Crippen LogP contribution in [-0.4, -0.2) is 50.9 Å². The molecule has 0 aliphatic carbocycles. The summed E-state index contributed by atoms with van der Waals surface area (Å²) in [6, 6.07) is 11.3. The van der Waals surface area contributed by atoms with Crippen molar-refractivity contribution in [2.24, 2.45) is 11.8 Å². The van der Waals surface area contributed by atoms with E-state index in [2.05, 4.69) is 38.0 Å². The lowest BCUT2D eigenvalue weighted by Crippen LogP contribution is -2.39. The van der Waals surface area contributed by atoms with Gasteiger partial charge in [0.2, 0.25) is 5.91 Å². The quantitative estimate of drug-likeness (QED) is 0.450. The Morgan fingerprint density at radius 1 is 1.00 bits per heavy atom. The molecule has 3 rings (SSSR count). The van der Waals surface area contributed by atoms with Crippen molar-refractivity contribution >= 4 is 22.8 Å². The Morgan fingerprint density at radius 3 is 2.33 bits per heavy atom. The van der Waals surface area contributed by atoms with Crippen molar-refractivity contribution in [1.29, 1.82) is 0 Å². The second kappa shape index (κ2) is 11.6. The number of nitrogens with zero attached hydrogens (tertiary/aromatic N) is 4. The van der Waals surface area contributed by atoms with E-state index >= 15 is 0 Å². The first-order valence-electron chi connectivity index (χ1n) is 11.7. The van der Waals surface area contributed by atoms with Gasteiger partial charge in [-0.1, -0.05) is 39.8 Å². The van der Waals surface area contributed by atoms with Crippen LogP contribution in [0.5, 0.6) is 0 Å². The molecular formula is C26H35N5O2. The van der Waals surface area contributed by atoms with E-state index in [4.69, 9.17) is 4.98 Å². The van der Waals surface area contributed by atoms with E-state index in [0.717, 1.165) is 36.4 Å². The Hall–Kier alpha value is -3.22. The van der Waals surface area contributed by atoms with Gasteiger partial charge in [0.1, 0.15) is 12.4 Å². The molecule has 7 heteroatoms. The fourth-order valence-electron chi connectivity index (χ4n) is 3.94. The molecule has 2 heterocycles. The zero-order chi connectivity index (χ0) is 23.8. The maximum atomic E-state index is 13.3. The normalized spacial score (nSPS) is 11.3. The fraction of sp³-hybridized carbons (Fsp3) is 0.462. The Labute approximate surface area is 196 Å². The number of aryl methyl sites for hydroxylation is 1. The maximum absolute atomic E-state index is 13.3. The molecule has 176 valence electrons. The average molecular weight is 450 g/mol. The van der Waals surface area contributed by atoms with Crippen molar-refractivity contribution in [2.45, 2.75) is 47.1 Å². The minimum atomic E-state index is -0.112. The summed E-state index contributed by atoms with van der Waals surface area (Å²) >= 11 is 0. The molecule has 2 aromatic heterocycles. The van der Waals surface area contributed by atoms with Gasteiger partial charge in [-0.2, -0.15) is 0 Å². The highest BCUT2D eigenvalue weighted by molar-refractivity contribution is 5.93. The van der Waals surface area contributed by atoms with Crippen molar-refractivity contribution in [2.75, 3.05) is 19.6 Å². The summed E-state index contributed by atoms with van der Waals surface area (Å²) in [4.78, 5) is 36.2. The molecule has 0 saturated heterocycles. The number of amides is 2. The van der Waals surface area contributed by atoms with Crippen LogP contribution in [-0.2, 0) is 17.8 Å². The van der Waals surface area contributed by atoms with E-state index in [-0.39, 0.29) is 18.4 Å². The third kappa shape index (κ3) is 6.88. The molecule has 0 aliphatic heterocycles. The van der Waals surface area contributed by atoms with Crippen LogP contribution in [0.25, 0.3) is 11.0 Å². The predicted octanol–water partition coefficient (Wildman–Crippen LogP) is 3.93. The largest absolute Gasteiger partial charge is 0.352 e. The highest BCUT2D eigenvalue weighted by atomic mass is 16.2. The molecule has 1 aromatic carbocycles. The SMILES string of the molecule is CC(C)CN(CC(C)C)C(=O)Cn1c(CCCNC(=O)c2ccncc2)nc2ccccc21. The minimum absolute atomic E-state index is 0.112. The molecule has 0 aliphatic rings. The van der Waals surface area contributed by atoms with Crippen LogP contribution in [0.3, 0.4) is 0 Å². The summed E-state index contributed by atoms with van der Waals surface area (Å²) in [5.74, 6) is 1.70. The summed E-state index contributed by atoms with van der Waals surface area (Å²) in [6.07, 6.45) is 4.62. The second-order valence-electron chi connectivity index (χ2n) is 9.28. The first kappa shape index (κ1) is 24.4. The van der Waals surface area contributed by atoms with Crippen molar-refractivity contribution in [3.63, 3.8) is 0 Å². The lowest BCUT2D eigenvalue weighted by Gasteiger charge is -2.27. The number of imidazole rings is 1. The second-order valence-corrected chi connectivity index (χ2v) is 9.28. The number of para-hydroxylation sites is 2. The van der Waals surface area contributed by atoms with Crippen LogP contribution in [0.1, 0.15) is 50.3 Å². The third-order valence-electron chi connectivity index (χ3n) is 5.36. The van der Waals surface area contributed by atoms with Crippen LogP contribution >= 0.6 is 0 Å². The molecule has 1 N–H and O–H groups in total. The van der Waals surface area contributed by atoms with Gasteiger partial charge in [-0.3, -0.25) is 14.6 Å². The van der Waals surface area contributed by atoms with Gasteiger partial charge in [0.05, 0.1) is 11.0 Å². The van der Waals surface area contributed by atoms with Crippen molar-refractivity contribution in [3.8, 4) is 0 Å². The Morgan fingerprint density at radius 2 is 1.67 bits per heavy atom. The Bertz CT molecular complexity index is 1050. The number of rotatable bonds is 11. The summed E-state index contributed by atoms with van der Waals surface area (Å²) in [7, 11) is 0. The number of hydrogen-bond donors (Lipinski definition) is 1. The molecule has 0 fully saturated rings. The highest BCUT2D eigenvalue weighted by Gasteiger charge is 2.20. The predicted molar refractivity (Wildman–Crippen MR) is 131 cm³/mol. The molecule has 0 unspecified atom stereocenters. The average Bonchev–Trinajstić information content (AvgIpc) is 3.13. The van der Waals surface area contributed by atoms with Gasteiger partial charge >= 0.3 is 0 Å². The molecule has 2 amide bonds. The summed E-state index contributed by atoms with van der Waals surface area (Å²) in [6.45, 7) is 10.9. The number of carbonyl (C=O) groups is 2. The van der Waals surface area contributed by atoms with Gasteiger partial charge in [-0.05, 0) is 42.5 Å². The van der Waals surface area contributed by atoms with E-state index in [9.17, 15) is 9.59 Å². The smallest absolute Gasteiger partial charge is 0.251 e. The molecular weight excluding hydrogens is 414 g/mol. The molecule has 0 spiro atoms. The maximum Gasteiger partial charge on any atom is 0.251 e. The van der Waals surface area contributed by atoms with Gasteiger partial charge < -0.3 is 14.8 Å². The number of fused-ring (bicyclic) bond motifs is 1. The van der Waals surface area contributed by atoms with E-state index in [1.165, 1.54) is 0 Å². The van der Waals surface area contributed by atoms with Gasteiger partial charge in [0, 0.05) is 44.0 Å². The van der Waals surface area contributed by atoms with Crippen LogP contribution in [0.2, 0.25) is 0 Å². The Kier molecular flexibility index (Phi) is 8.58. The zero-order valence-electron chi connectivity index (χ0n) is 20.1. The summed E-state index contributed by atoms with van der Waals surface area (Å²) < 4.78 is 2.04. The zero-order valence-corrected chi connectivity index (χ0v) is 20.1. The number of hydrogen-bond acceptors (Lipinski definition) is 4. The van der Waals surface area contributed by atoms with E-state index in [0.29, 0.717) is 30.4 Å². The number of aromatic nitrogens is 3. The number of nitrogens with one attached hydrogen (secondary N) is 1. The van der Waals surface area contributed by atoms with Crippen LogP contribution in [0.15, 0.2) is 48.8 Å². The van der Waals surface area contributed by atoms with Crippen LogP contribution in [0.4, 0.5) is 0 Å². The number of carbonyl (C=O) groups excluding carboxylic acids is 2. The summed E-state index contributed by atoms with van der Waals surface area (Å²) in [5, 5.41) is 2.95. The van der Waals surface area contributed by atoms with Gasteiger partial charge in [0.15, 0.2) is 0 Å². The lowest BCUT2D eigenvalue weighted by atomic mass is 10.1. The van der Waals surface area contributed by atoms with E-state index in [1.807, 2.05) is 33.7 Å². The standard InChI is InChI=1S/C26H35N5O2/c1-19(2)16-30(17-20(3)4)25(32)18-31-23-9-6-5-8-22(23)29-24(31)10-7-13-28-26(33)21-11-14-27-15-12-21/h5-6,8-9,11-12,14-15,19-20H,7,10,13,16-18H2,1-4H3,(H,28,33). The molecule has 0 saturated carbocycles. The first-order valence-corrected chi connectivity index (χ1v) is 11.7. The van der Waals surface area contributed by atoms with Crippen molar-refractivity contribution in [3.05, 3.63) is 60.2 Å². The van der Waals surface area contributed by atoms with Crippen LogP contribution < -0.4 is 5.32 Å². The first-order chi connectivity index (χ1) is 15.8. The molecule has 0 atom stereocenters. The van der Waals surface area contributed by atoms with Gasteiger partial charge in [-0.15, -0.1) is 0 Å². The minimum Gasteiger partial charge on any atom is -0.352 e. The molecule has 0 radical (unpaired) electrons. The van der Waals surface area contributed by atoms with Gasteiger partial charge in [0.25, 0.3) is 5.91 Å². The molecule has 33 heavy (non-hydrogen) atoms. The van der Waals surface area contributed by atoms with Crippen LogP contribution in [0, 0.1) is 11.8 Å². The lowest BCUT2D eigenvalue weighted by molar-refractivity contribution is -0.132. The van der Waals surface area contributed by atoms with Gasteiger partial charge in [-0.25, -0.2) is 4.98 Å². The third-order valence-corrected chi connectivity index (χ3v) is 5.36. The van der Waals surface area contributed by atoms with E-state index in [1.54, 1.807) is 24.5 Å². The summed E-state index contributed by atoms with van der Waals surface area (Å²) in [5.41, 5.74) is 2.45. The monoisotopic (exact) mass is 449 g/mol. The van der Waals surface area contributed by atoms with Crippen molar-refractivity contribution < 1.29 is 9.59 Å². The topological polar surface area (TPSA) is 80.1 Å². The molecule has 3 aromatic rings. The fourth-order valence-corrected chi connectivity index (χ4v) is 3.94. The molecule has 7 nitrogen and oxygen atoms in total. The number of pyridine rings is 1. The van der Waals surface area contributed by atoms with Crippen molar-refractivity contribution in [1.82, 2.24) is 24.8 Å². The Balaban J connectivity index is 1.69. The molecule has 0 bridgehead atoms.